The zero-order chi connectivity index (χ0) is 18.0. The second-order valence-electron chi connectivity index (χ2n) is 6.56. The highest BCUT2D eigenvalue weighted by Gasteiger charge is 2.52. The van der Waals surface area contributed by atoms with E-state index in [0.717, 1.165) is 10.8 Å². The number of carbonyl (C=O) groups is 1. The van der Waals surface area contributed by atoms with E-state index in [1.54, 1.807) is 0 Å². The van der Waals surface area contributed by atoms with Crippen LogP contribution in [0.15, 0.2) is 0 Å². The van der Waals surface area contributed by atoms with E-state index in [1.807, 2.05) is 0 Å². The minimum atomic E-state index is -3.82. The summed E-state index contributed by atoms with van der Waals surface area (Å²) in [5, 5.41) is 30.3. The van der Waals surface area contributed by atoms with Crippen molar-refractivity contribution in [2.45, 2.75) is 37.2 Å². The molecule has 0 spiro atoms. The van der Waals surface area contributed by atoms with Crippen LogP contribution in [0, 0.1) is 5.92 Å². The van der Waals surface area contributed by atoms with Crippen LogP contribution in [0.2, 0.25) is 6.32 Å². The predicted molar refractivity (Wildman–Crippen MR) is 87.2 cm³/mol. The van der Waals surface area contributed by atoms with Gasteiger partial charge in [0, 0.05) is 31.6 Å². The summed E-state index contributed by atoms with van der Waals surface area (Å²) in [4.78, 5) is 11.6. The summed E-state index contributed by atoms with van der Waals surface area (Å²) in [6.45, 7) is 0.969. The topological polar surface area (TPSA) is 165 Å². The summed E-state index contributed by atoms with van der Waals surface area (Å²) < 4.78 is 28.6. The van der Waals surface area contributed by atoms with Gasteiger partial charge in [-0.1, -0.05) is 6.42 Å². The highest BCUT2D eigenvalue weighted by molar-refractivity contribution is 7.87. The van der Waals surface area contributed by atoms with E-state index >= 15 is 0 Å². The van der Waals surface area contributed by atoms with Crippen molar-refractivity contribution in [2.24, 2.45) is 11.7 Å². The summed E-state index contributed by atoms with van der Waals surface area (Å²) >= 11 is 0. The molecule has 2 heterocycles. The Morgan fingerprint density at radius 2 is 2.17 bits per heavy atom. The highest BCUT2D eigenvalue weighted by atomic mass is 32.2. The van der Waals surface area contributed by atoms with Crippen LogP contribution >= 0.6 is 0 Å². The summed E-state index contributed by atoms with van der Waals surface area (Å²) in [5.41, 5.74) is 4.31. The number of nitrogens with one attached hydrogen (secondary N) is 2. The maximum atomic E-state index is 12.5. The lowest BCUT2D eigenvalue weighted by atomic mass is 9.78. The molecule has 2 saturated heterocycles. The Kier molecular flexibility index (Phi) is 6.23. The molecule has 24 heavy (non-hydrogen) atoms. The quantitative estimate of drug-likeness (QED) is 0.250. The maximum Gasteiger partial charge on any atom is 0.451 e. The first kappa shape index (κ1) is 19.6. The molecule has 1 unspecified atom stereocenters. The maximum absolute atomic E-state index is 12.5. The largest absolute Gasteiger partial charge is 0.480 e. The Balaban J connectivity index is 2.05. The van der Waals surface area contributed by atoms with E-state index in [2.05, 4.69) is 10.0 Å². The first-order chi connectivity index (χ1) is 11.1. The Morgan fingerprint density at radius 3 is 2.71 bits per heavy atom. The Morgan fingerprint density at radius 1 is 1.46 bits per heavy atom. The molecule has 0 aromatic carbocycles. The van der Waals surface area contributed by atoms with E-state index in [4.69, 9.17) is 15.8 Å². The van der Waals surface area contributed by atoms with Crippen molar-refractivity contribution in [2.75, 3.05) is 26.2 Å². The average molecular weight is 364 g/mol. The van der Waals surface area contributed by atoms with E-state index in [-0.39, 0.29) is 25.5 Å². The van der Waals surface area contributed by atoms with Gasteiger partial charge < -0.3 is 26.2 Å². The van der Waals surface area contributed by atoms with Gasteiger partial charge in [-0.2, -0.15) is 17.4 Å². The zero-order valence-electron chi connectivity index (χ0n) is 13.4. The first-order valence-electron chi connectivity index (χ1n) is 8.01. The van der Waals surface area contributed by atoms with Crippen molar-refractivity contribution in [3.8, 4) is 0 Å². The zero-order valence-corrected chi connectivity index (χ0v) is 14.2. The number of hydrogen-bond donors (Lipinski definition) is 6. The van der Waals surface area contributed by atoms with Crippen LogP contribution < -0.4 is 15.8 Å². The van der Waals surface area contributed by atoms with Gasteiger partial charge in [-0.3, -0.25) is 4.79 Å². The Labute approximate surface area is 141 Å². The molecule has 3 atom stereocenters. The fourth-order valence-electron chi connectivity index (χ4n) is 3.26. The molecule has 2 fully saturated rings. The van der Waals surface area contributed by atoms with E-state index in [0.29, 0.717) is 25.8 Å². The summed E-state index contributed by atoms with van der Waals surface area (Å²) in [5.74, 6) is -1.84. The van der Waals surface area contributed by atoms with Gasteiger partial charge in [0.15, 0.2) is 0 Å². The predicted octanol–water partition coefficient (Wildman–Crippen LogP) is -2.85. The SMILES string of the molecule is N[C@@]1(C(=O)O)CN(S(=O)(=O)NC2CCNC2)C[C@@H]1CCCB(O)O. The molecule has 138 valence electrons. The van der Waals surface area contributed by atoms with Crippen LogP contribution in [-0.2, 0) is 15.0 Å². The molecule has 0 amide bonds. The molecule has 0 radical (unpaired) electrons. The average Bonchev–Trinajstić information content (AvgIpc) is 3.07. The molecule has 0 aliphatic carbocycles. The molecule has 2 rings (SSSR count). The standard InChI is InChI=1S/C12H25BN4O6S/c14-12(11(18)19)8-17(7-9(12)2-1-4-13(20)21)24(22,23)16-10-3-5-15-6-10/h9-10,15-16,20-21H,1-8,14H2,(H,18,19)/t9-,10?,12-/m0/s1. The Bertz CT molecular complexity index is 556. The van der Waals surface area contributed by atoms with E-state index < -0.39 is 34.8 Å². The minimum Gasteiger partial charge on any atom is -0.480 e. The number of carboxylic acids is 1. The van der Waals surface area contributed by atoms with Gasteiger partial charge in [0.05, 0.1) is 0 Å². The van der Waals surface area contributed by atoms with Crippen LogP contribution in [-0.4, -0.2) is 78.7 Å². The number of nitrogens with two attached hydrogens (primary N) is 1. The molecular weight excluding hydrogens is 339 g/mol. The van der Waals surface area contributed by atoms with Crippen molar-refractivity contribution in [3.63, 3.8) is 0 Å². The normalized spacial score (nSPS) is 31.5. The van der Waals surface area contributed by atoms with Crippen LogP contribution in [0.1, 0.15) is 19.3 Å². The fourth-order valence-corrected chi connectivity index (χ4v) is 4.79. The Hall–Kier alpha value is -0.755. The second-order valence-corrected chi connectivity index (χ2v) is 8.26. The van der Waals surface area contributed by atoms with Crippen molar-refractivity contribution in [3.05, 3.63) is 0 Å². The van der Waals surface area contributed by atoms with Crippen LogP contribution in [0.3, 0.4) is 0 Å². The smallest absolute Gasteiger partial charge is 0.451 e. The molecule has 2 aliphatic heterocycles. The molecule has 0 bridgehead atoms. The molecule has 12 heteroatoms. The lowest BCUT2D eigenvalue weighted by molar-refractivity contribution is -0.144. The molecule has 7 N–H and O–H groups in total. The van der Waals surface area contributed by atoms with E-state index in [9.17, 15) is 18.3 Å². The van der Waals surface area contributed by atoms with Gasteiger partial charge in [0.1, 0.15) is 5.54 Å². The molecule has 10 nitrogen and oxygen atoms in total. The van der Waals surface area contributed by atoms with Crippen LogP contribution in [0.4, 0.5) is 0 Å². The molecule has 0 aromatic heterocycles. The van der Waals surface area contributed by atoms with Crippen LogP contribution in [0.25, 0.3) is 0 Å². The lowest BCUT2D eigenvalue weighted by Gasteiger charge is -2.25. The summed E-state index contributed by atoms with van der Waals surface area (Å²) in [6.07, 6.45) is 1.42. The summed E-state index contributed by atoms with van der Waals surface area (Å²) in [7, 11) is -5.29. The lowest BCUT2D eigenvalue weighted by Crippen LogP contribution is -2.55. The van der Waals surface area contributed by atoms with Crippen molar-refractivity contribution in [1.82, 2.24) is 14.3 Å². The van der Waals surface area contributed by atoms with Crippen molar-refractivity contribution < 1.29 is 28.4 Å². The number of aliphatic carboxylic acids is 1. The van der Waals surface area contributed by atoms with Gasteiger partial charge in [-0.25, -0.2) is 0 Å². The molecule has 2 aliphatic rings. The monoisotopic (exact) mass is 364 g/mol. The van der Waals surface area contributed by atoms with Crippen molar-refractivity contribution in [1.29, 1.82) is 0 Å². The van der Waals surface area contributed by atoms with Gasteiger partial charge >= 0.3 is 13.1 Å². The number of rotatable bonds is 8. The third-order valence-electron chi connectivity index (χ3n) is 4.72. The van der Waals surface area contributed by atoms with Crippen LogP contribution in [0.5, 0.6) is 0 Å². The second kappa shape index (κ2) is 7.64. The van der Waals surface area contributed by atoms with Gasteiger partial charge in [0.2, 0.25) is 0 Å². The van der Waals surface area contributed by atoms with Gasteiger partial charge in [0.25, 0.3) is 10.2 Å². The third kappa shape index (κ3) is 4.45. The minimum absolute atomic E-state index is 0.000193. The molecule has 0 saturated carbocycles. The fraction of sp³-hybridized carbons (Fsp3) is 0.917. The van der Waals surface area contributed by atoms with Gasteiger partial charge in [-0.05, 0) is 25.7 Å². The number of carboxylic acid groups (broad SMARTS) is 1. The first-order valence-corrected chi connectivity index (χ1v) is 9.45. The number of hydrogen-bond acceptors (Lipinski definition) is 7. The number of nitrogens with zero attached hydrogens (tertiary/aromatic N) is 1. The van der Waals surface area contributed by atoms with E-state index in [1.165, 1.54) is 0 Å². The third-order valence-corrected chi connectivity index (χ3v) is 6.31. The molecular formula is C12H25BN4O6S. The summed E-state index contributed by atoms with van der Waals surface area (Å²) in [6, 6.07) is -0.212. The molecule has 0 aromatic rings. The van der Waals surface area contributed by atoms with Crippen molar-refractivity contribution >= 4 is 23.3 Å². The highest BCUT2D eigenvalue weighted by Crippen LogP contribution is 2.32. The van der Waals surface area contributed by atoms with Gasteiger partial charge in [-0.15, -0.1) is 0 Å².